The first-order valence-corrected chi connectivity index (χ1v) is 11.6. The van der Waals surface area contributed by atoms with E-state index in [2.05, 4.69) is 68.3 Å². The molecule has 2 aromatic heterocycles. The quantitative estimate of drug-likeness (QED) is 0.430. The average molecular weight is 486 g/mol. The summed E-state index contributed by atoms with van der Waals surface area (Å²) in [6, 6.07) is 21.1. The summed E-state index contributed by atoms with van der Waals surface area (Å²) in [5, 5.41) is 16.3. The van der Waals surface area contributed by atoms with Crippen LogP contribution in [0.5, 0.6) is 0 Å². The summed E-state index contributed by atoms with van der Waals surface area (Å²) in [5.41, 5.74) is 6.50. The van der Waals surface area contributed by atoms with E-state index in [1.165, 1.54) is 11.1 Å². The third-order valence-corrected chi connectivity index (χ3v) is 6.45. The van der Waals surface area contributed by atoms with Gasteiger partial charge < -0.3 is 4.90 Å². The van der Waals surface area contributed by atoms with Gasteiger partial charge in [0.2, 0.25) is 0 Å². The van der Waals surface area contributed by atoms with Crippen LogP contribution in [0.1, 0.15) is 28.4 Å². The Balaban J connectivity index is 0.00000289. The number of nitriles is 1. The Kier molecular flexibility index (Phi) is 7.76. The molecule has 0 radical (unpaired) electrons. The Morgan fingerprint density at radius 2 is 1.69 bits per heavy atom. The molecule has 1 N–H and O–H groups in total. The van der Waals surface area contributed by atoms with Crippen LogP contribution in [0.25, 0.3) is 11.3 Å². The molecule has 0 saturated carbocycles. The molecule has 5 rings (SSSR count). The summed E-state index contributed by atoms with van der Waals surface area (Å²) in [7, 11) is 0. The van der Waals surface area contributed by atoms with Crippen LogP contribution < -0.4 is 4.90 Å². The monoisotopic (exact) mass is 485 g/mol. The lowest BCUT2D eigenvalue weighted by molar-refractivity contribution is 0.211. The molecule has 35 heavy (non-hydrogen) atoms. The van der Waals surface area contributed by atoms with E-state index in [1.54, 1.807) is 12.4 Å². The van der Waals surface area contributed by atoms with Gasteiger partial charge in [-0.1, -0.05) is 54.6 Å². The Morgan fingerprint density at radius 3 is 2.34 bits per heavy atom. The number of aryl methyl sites for hydroxylation is 1. The fourth-order valence-corrected chi connectivity index (χ4v) is 4.69. The van der Waals surface area contributed by atoms with Gasteiger partial charge in [-0.25, -0.2) is 4.98 Å². The summed E-state index contributed by atoms with van der Waals surface area (Å²) >= 11 is 0. The summed E-state index contributed by atoms with van der Waals surface area (Å²) in [5.74, 6) is 0.908. The lowest BCUT2D eigenvalue weighted by Crippen LogP contribution is -2.48. The van der Waals surface area contributed by atoms with Crippen molar-refractivity contribution < 1.29 is 0 Å². The van der Waals surface area contributed by atoms with Crippen LogP contribution in [0.4, 0.5) is 5.82 Å². The number of halogens is 1. The predicted molar refractivity (Wildman–Crippen MR) is 139 cm³/mol. The van der Waals surface area contributed by atoms with Crippen molar-refractivity contribution in [2.24, 2.45) is 0 Å². The van der Waals surface area contributed by atoms with Crippen molar-refractivity contribution in [1.82, 2.24) is 25.1 Å². The number of benzene rings is 2. The third-order valence-electron chi connectivity index (χ3n) is 6.45. The zero-order valence-electron chi connectivity index (χ0n) is 19.6. The zero-order valence-corrected chi connectivity index (χ0v) is 20.4. The SMILES string of the molecule is Cc1[nH]ncc1C(c1ccccc1)N1CCN(c2nccnc2-c2ccc(CC#N)cc2)CC1.Cl. The lowest BCUT2D eigenvalue weighted by atomic mass is 9.97. The number of H-pyrrole nitrogens is 1. The van der Waals surface area contributed by atoms with E-state index < -0.39 is 0 Å². The molecule has 2 aromatic carbocycles. The first-order chi connectivity index (χ1) is 16.7. The molecule has 1 unspecified atom stereocenters. The van der Waals surface area contributed by atoms with Crippen molar-refractivity contribution in [1.29, 1.82) is 5.26 Å². The van der Waals surface area contributed by atoms with Gasteiger partial charge in [0.05, 0.1) is 24.7 Å². The van der Waals surface area contributed by atoms with Crippen molar-refractivity contribution in [2.45, 2.75) is 19.4 Å². The molecular weight excluding hydrogens is 458 g/mol. The minimum absolute atomic E-state index is 0. The Bertz CT molecular complexity index is 1270. The predicted octanol–water partition coefficient (Wildman–Crippen LogP) is 4.57. The number of rotatable bonds is 6. The molecule has 3 heterocycles. The average Bonchev–Trinajstić information content (AvgIpc) is 3.31. The highest BCUT2D eigenvalue weighted by Crippen LogP contribution is 2.33. The minimum atomic E-state index is 0. The molecule has 1 aliphatic heterocycles. The number of nitrogens with zero attached hydrogens (tertiary/aromatic N) is 6. The van der Waals surface area contributed by atoms with Gasteiger partial charge in [0.25, 0.3) is 0 Å². The second kappa shape index (κ2) is 11.1. The molecule has 0 amide bonds. The van der Waals surface area contributed by atoms with Gasteiger partial charge in [-0.2, -0.15) is 10.4 Å². The maximum absolute atomic E-state index is 8.94. The molecular formula is C27H28ClN7. The van der Waals surface area contributed by atoms with Gasteiger partial charge in [0.15, 0.2) is 5.82 Å². The van der Waals surface area contributed by atoms with Crippen LogP contribution in [0.3, 0.4) is 0 Å². The van der Waals surface area contributed by atoms with Crippen LogP contribution in [0, 0.1) is 18.3 Å². The van der Waals surface area contributed by atoms with Crippen molar-refractivity contribution >= 4 is 18.2 Å². The van der Waals surface area contributed by atoms with E-state index in [0.29, 0.717) is 6.42 Å². The van der Waals surface area contributed by atoms with Crippen LogP contribution in [0.15, 0.2) is 73.2 Å². The third kappa shape index (κ3) is 5.19. The highest BCUT2D eigenvalue weighted by atomic mass is 35.5. The van der Waals surface area contributed by atoms with E-state index in [1.807, 2.05) is 30.5 Å². The number of aromatic amines is 1. The van der Waals surface area contributed by atoms with Crippen LogP contribution in [-0.4, -0.2) is 51.2 Å². The Hall–Kier alpha value is -3.73. The fourth-order valence-electron chi connectivity index (χ4n) is 4.69. The smallest absolute Gasteiger partial charge is 0.155 e. The molecule has 0 spiro atoms. The number of anilines is 1. The minimum Gasteiger partial charge on any atom is -0.352 e. The zero-order chi connectivity index (χ0) is 23.3. The van der Waals surface area contributed by atoms with E-state index in [-0.39, 0.29) is 18.4 Å². The van der Waals surface area contributed by atoms with Gasteiger partial charge in [0.1, 0.15) is 5.69 Å². The normalized spacial score (nSPS) is 14.7. The number of hydrogen-bond acceptors (Lipinski definition) is 6. The largest absolute Gasteiger partial charge is 0.352 e. The van der Waals surface area contributed by atoms with Gasteiger partial charge in [-0.3, -0.25) is 15.0 Å². The molecule has 1 saturated heterocycles. The Morgan fingerprint density at radius 1 is 0.971 bits per heavy atom. The fraction of sp³-hybridized carbons (Fsp3) is 0.259. The number of hydrogen-bond donors (Lipinski definition) is 1. The molecule has 4 aromatic rings. The number of piperazine rings is 1. The maximum atomic E-state index is 8.94. The maximum Gasteiger partial charge on any atom is 0.155 e. The summed E-state index contributed by atoms with van der Waals surface area (Å²) in [6.45, 7) is 5.61. The van der Waals surface area contributed by atoms with Crippen LogP contribution in [0.2, 0.25) is 0 Å². The van der Waals surface area contributed by atoms with E-state index in [4.69, 9.17) is 10.2 Å². The number of nitrogens with one attached hydrogen (secondary N) is 1. The second-order valence-electron chi connectivity index (χ2n) is 8.55. The summed E-state index contributed by atoms with van der Waals surface area (Å²) < 4.78 is 0. The van der Waals surface area contributed by atoms with Gasteiger partial charge in [0, 0.05) is 55.4 Å². The van der Waals surface area contributed by atoms with E-state index in [0.717, 1.165) is 54.5 Å². The van der Waals surface area contributed by atoms with Gasteiger partial charge in [-0.15, -0.1) is 12.4 Å². The molecule has 0 bridgehead atoms. The van der Waals surface area contributed by atoms with Gasteiger partial charge in [-0.05, 0) is 18.1 Å². The molecule has 0 aliphatic carbocycles. The van der Waals surface area contributed by atoms with E-state index in [9.17, 15) is 0 Å². The lowest BCUT2D eigenvalue weighted by Gasteiger charge is -2.40. The Labute approximate surface area is 211 Å². The van der Waals surface area contributed by atoms with Crippen molar-refractivity contribution in [2.75, 3.05) is 31.1 Å². The molecule has 1 fully saturated rings. The molecule has 178 valence electrons. The first kappa shape index (κ1) is 24.4. The van der Waals surface area contributed by atoms with Crippen LogP contribution >= 0.6 is 12.4 Å². The highest BCUT2D eigenvalue weighted by Gasteiger charge is 2.29. The standard InChI is InChI=1S/C27H27N7.ClH/c1-20-24(19-31-32-20)26(23-5-3-2-4-6-23)33-15-17-34(18-16-33)27-25(29-13-14-30-27)22-9-7-21(8-10-22)11-12-28;/h2-10,13-14,19,26H,11,15-18H2,1H3,(H,31,32);1H. The van der Waals surface area contributed by atoms with E-state index >= 15 is 0 Å². The summed E-state index contributed by atoms with van der Waals surface area (Å²) in [6.07, 6.45) is 5.87. The van der Waals surface area contributed by atoms with Crippen molar-refractivity contribution in [3.8, 4) is 17.3 Å². The van der Waals surface area contributed by atoms with Gasteiger partial charge >= 0.3 is 0 Å². The highest BCUT2D eigenvalue weighted by molar-refractivity contribution is 5.85. The second-order valence-corrected chi connectivity index (χ2v) is 8.55. The number of aromatic nitrogens is 4. The summed E-state index contributed by atoms with van der Waals surface area (Å²) in [4.78, 5) is 14.2. The topological polar surface area (TPSA) is 84.7 Å². The van der Waals surface area contributed by atoms with Crippen molar-refractivity contribution in [3.63, 3.8) is 0 Å². The molecule has 8 heteroatoms. The van der Waals surface area contributed by atoms with Crippen molar-refractivity contribution in [3.05, 3.63) is 95.6 Å². The molecule has 1 atom stereocenters. The molecule has 7 nitrogen and oxygen atoms in total. The first-order valence-electron chi connectivity index (χ1n) is 11.6. The molecule has 1 aliphatic rings. The van der Waals surface area contributed by atoms with Crippen LogP contribution in [-0.2, 0) is 6.42 Å².